The van der Waals surface area contributed by atoms with E-state index in [1.54, 1.807) is 24.3 Å². The average Bonchev–Trinajstić information content (AvgIpc) is 2.60. The summed E-state index contributed by atoms with van der Waals surface area (Å²) in [6, 6.07) is 16.1. The normalized spacial score (nSPS) is 10.6. The van der Waals surface area contributed by atoms with Gasteiger partial charge in [0.25, 0.3) is 5.56 Å². The Balaban J connectivity index is 1.68. The predicted octanol–water partition coefficient (Wildman–Crippen LogP) is 3.30. The molecule has 0 saturated carbocycles. The zero-order valence-corrected chi connectivity index (χ0v) is 13.8. The van der Waals surface area contributed by atoms with E-state index in [9.17, 15) is 14.4 Å². The highest BCUT2D eigenvalue weighted by molar-refractivity contribution is 5.97. The molecule has 1 heterocycles. The van der Waals surface area contributed by atoms with Crippen LogP contribution in [0, 0.1) is 0 Å². The molecule has 0 fully saturated rings. The summed E-state index contributed by atoms with van der Waals surface area (Å²) >= 11 is 0. The molecular weight excluding hydrogens is 316 g/mol. The van der Waals surface area contributed by atoms with Gasteiger partial charge in [0.1, 0.15) is 0 Å². The number of pyridine rings is 1. The summed E-state index contributed by atoms with van der Waals surface area (Å²) in [7, 11) is 0. The van der Waals surface area contributed by atoms with Crippen LogP contribution in [0.25, 0.3) is 10.9 Å². The maximum Gasteiger partial charge on any atom is 0.251 e. The van der Waals surface area contributed by atoms with Gasteiger partial charge >= 0.3 is 0 Å². The first-order valence-corrected chi connectivity index (χ1v) is 8.05. The second-order valence-electron chi connectivity index (χ2n) is 5.90. The maximum absolute atomic E-state index is 12.1. The molecule has 0 unspecified atom stereocenters. The molecule has 2 aromatic carbocycles. The molecule has 0 bridgehead atoms. The standard InChI is InChI=1S/C20H18N2O3/c1-13(23)14-6-4-7-17(12-14)21-19(24)10-9-16-11-15-5-2-3-8-18(15)22-20(16)25/h2-8,11-12H,9-10H2,1H3,(H,21,24)(H,22,25). The van der Waals surface area contributed by atoms with Gasteiger partial charge in [-0.2, -0.15) is 0 Å². The minimum atomic E-state index is -0.201. The molecular formula is C20H18N2O3. The number of rotatable bonds is 5. The molecule has 0 spiro atoms. The van der Waals surface area contributed by atoms with Crippen LogP contribution in [0.3, 0.4) is 0 Å². The minimum Gasteiger partial charge on any atom is -0.326 e. The van der Waals surface area contributed by atoms with E-state index in [2.05, 4.69) is 10.3 Å². The number of carbonyl (C=O) groups is 2. The van der Waals surface area contributed by atoms with Crippen molar-refractivity contribution in [2.24, 2.45) is 0 Å². The molecule has 25 heavy (non-hydrogen) atoms. The molecule has 0 radical (unpaired) electrons. The Kier molecular flexibility index (Phi) is 4.75. The Labute approximate surface area is 144 Å². The number of amides is 1. The Morgan fingerprint density at radius 2 is 1.84 bits per heavy atom. The molecule has 3 aromatic rings. The molecule has 2 N–H and O–H groups in total. The third-order valence-electron chi connectivity index (χ3n) is 4.00. The van der Waals surface area contributed by atoms with E-state index in [1.165, 1.54) is 6.92 Å². The van der Waals surface area contributed by atoms with Crippen LogP contribution in [-0.2, 0) is 11.2 Å². The molecule has 3 rings (SSSR count). The van der Waals surface area contributed by atoms with Crippen LogP contribution in [0.1, 0.15) is 29.3 Å². The Hall–Kier alpha value is -3.21. The summed E-state index contributed by atoms with van der Waals surface area (Å²) in [6.07, 6.45) is 0.532. The number of aromatic amines is 1. The van der Waals surface area contributed by atoms with Crippen molar-refractivity contribution in [1.29, 1.82) is 0 Å². The number of aromatic nitrogens is 1. The highest BCUT2D eigenvalue weighted by Crippen LogP contribution is 2.13. The lowest BCUT2D eigenvalue weighted by atomic mass is 10.1. The number of ketones is 1. The number of hydrogen-bond donors (Lipinski definition) is 2. The lowest BCUT2D eigenvalue weighted by Gasteiger charge is -2.07. The number of aryl methyl sites for hydroxylation is 1. The fourth-order valence-corrected chi connectivity index (χ4v) is 2.67. The highest BCUT2D eigenvalue weighted by atomic mass is 16.1. The van der Waals surface area contributed by atoms with E-state index in [-0.39, 0.29) is 23.7 Å². The van der Waals surface area contributed by atoms with Gasteiger partial charge in [0.15, 0.2) is 5.78 Å². The van der Waals surface area contributed by atoms with Crippen LogP contribution in [-0.4, -0.2) is 16.7 Å². The minimum absolute atomic E-state index is 0.0567. The smallest absolute Gasteiger partial charge is 0.251 e. The van der Waals surface area contributed by atoms with E-state index in [1.807, 2.05) is 30.3 Å². The van der Waals surface area contributed by atoms with Crippen molar-refractivity contribution in [3.05, 3.63) is 76.1 Å². The molecule has 0 atom stereocenters. The fourth-order valence-electron chi connectivity index (χ4n) is 2.67. The lowest BCUT2D eigenvalue weighted by Crippen LogP contribution is -2.17. The van der Waals surface area contributed by atoms with Gasteiger partial charge in [-0.25, -0.2) is 0 Å². The third kappa shape index (κ3) is 4.01. The summed E-state index contributed by atoms with van der Waals surface area (Å²) in [5.74, 6) is -0.257. The Bertz CT molecular complexity index is 1000. The summed E-state index contributed by atoms with van der Waals surface area (Å²) in [4.78, 5) is 38.4. The van der Waals surface area contributed by atoms with E-state index < -0.39 is 0 Å². The topological polar surface area (TPSA) is 79.0 Å². The van der Waals surface area contributed by atoms with Crippen molar-refractivity contribution >= 4 is 28.3 Å². The van der Waals surface area contributed by atoms with Crippen LogP contribution in [0.5, 0.6) is 0 Å². The predicted molar refractivity (Wildman–Crippen MR) is 98.0 cm³/mol. The number of Topliss-reactive ketones (excluding diaryl/α,β-unsaturated/α-hetero) is 1. The Morgan fingerprint density at radius 1 is 1.04 bits per heavy atom. The monoisotopic (exact) mass is 334 g/mol. The summed E-state index contributed by atoms with van der Waals surface area (Å²) in [5.41, 5.74) is 2.30. The van der Waals surface area contributed by atoms with Gasteiger partial charge in [-0.3, -0.25) is 14.4 Å². The number of H-pyrrole nitrogens is 1. The first-order valence-electron chi connectivity index (χ1n) is 8.05. The third-order valence-corrected chi connectivity index (χ3v) is 4.00. The van der Waals surface area contributed by atoms with E-state index in [4.69, 9.17) is 0 Å². The largest absolute Gasteiger partial charge is 0.326 e. The van der Waals surface area contributed by atoms with Gasteiger partial charge in [-0.05, 0) is 43.0 Å². The maximum atomic E-state index is 12.1. The number of anilines is 1. The number of nitrogens with one attached hydrogen (secondary N) is 2. The zero-order chi connectivity index (χ0) is 17.8. The van der Waals surface area contributed by atoms with Crippen molar-refractivity contribution in [3.63, 3.8) is 0 Å². The van der Waals surface area contributed by atoms with E-state index in [0.717, 1.165) is 10.9 Å². The number of benzene rings is 2. The molecule has 1 aromatic heterocycles. The van der Waals surface area contributed by atoms with Crippen LogP contribution < -0.4 is 10.9 Å². The summed E-state index contributed by atoms with van der Waals surface area (Å²) in [6.45, 7) is 1.48. The van der Waals surface area contributed by atoms with Gasteiger partial charge < -0.3 is 10.3 Å². The first-order chi connectivity index (χ1) is 12.0. The second kappa shape index (κ2) is 7.13. The lowest BCUT2D eigenvalue weighted by molar-refractivity contribution is -0.116. The molecule has 126 valence electrons. The van der Waals surface area contributed by atoms with Crippen molar-refractivity contribution < 1.29 is 9.59 Å². The zero-order valence-electron chi connectivity index (χ0n) is 13.8. The molecule has 0 aliphatic heterocycles. The van der Waals surface area contributed by atoms with Crippen molar-refractivity contribution in [2.75, 3.05) is 5.32 Å². The van der Waals surface area contributed by atoms with Gasteiger partial charge in [0.2, 0.25) is 5.91 Å². The molecule has 5 heteroatoms. The van der Waals surface area contributed by atoms with Crippen LogP contribution >= 0.6 is 0 Å². The van der Waals surface area contributed by atoms with E-state index in [0.29, 0.717) is 23.2 Å². The molecule has 0 aliphatic carbocycles. The second-order valence-corrected chi connectivity index (χ2v) is 5.90. The van der Waals surface area contributed by atoms with Crippen molar-refractivity contribution in [2.45, 2.75) is 19.8 Å². The average molecular weight is 334 g/mol. The highest BCUT2D eigenvalue weighted by Gasteiger charge is 2.08. The number of para-hydroxylation sites is 1. The van der Waals surface area contributed by atoms with Crippen molar-refractivity contribution in [3.8, 4) is 0 Å². The number of fused-ring (bicyclic) bond motifs is 1. The van der Waals surface area contributed by atoms with Gasteiger partial charge in [-0.15, -0.1) is 0 Å². The van der Waals surface area contributed by atoms with Crippen LogP contribution in [0.4, 0.5) is 5.69 Å². The van der Waals surface area contributed by atoms with E-state index >= 15 is 0 Å². The molecule has 0 aliphatic rings. The number of hydrogen-bond acceptors (Lipinski definition) is 3. The fraction of sp³-hybridized carbons (Fsp3) is 0.150. The van der Waals surface area contributed by atoms with Gasteiger partial charge in [-0.1, -0.05) is 30.3 Å². The van der Waals surface area contributed by atoms with Crippen molar-refractivity contribution in [1.82, 2.24) is 4.98 Å². The number of carbonyl (C=O) groups excluding carboxylic acids is 2. The van der Waals surface area contributed by atoms with Gasteiger partial charge in [0.05, 0.1) is 0 Å². The molecule has 0 saturated heterocycles. The SMILES string of the molecule is CC(=O)c1cccc(NC(=O)CCc2cc3ccccc3[nH]c2=O)c1. The molecule has 5 nitrogen and oxygen atoms in total. The Morgan fingerprint density at radius 3 is 2.64 bits per heavy atom. The first kappa shape index (κ1) is 16.6. The van der Waals surface area contributed by atoms with Crippen LogP contribution in [0.2, 0.25) is 0 Å². The quantitative estimate of drug-likeness (QED) is 0.703. The van der Waals surface area contributed by atoms with Gasteiger partial charge in [0, 0.05) is 28.8 Å². The van der Waals surface area contributed by atoms with Crippen LogP contribution in [0.15, 0.2) is 59.4 Å². The summed E-state index contributed by atoms with van der Waals surface area (Å²) < 4.78 is 0. The molecule has 1 amide bonds. The summed E-state index contributed by atoms with van der Waals surface area (Å²) in [5, 5.41) is 3.70.